The van der Waals surface area contributed by atoms with Crippen LogP contribution in [0.4, 0.5) is 32.4 Å². The lowest BCUT2D eigenvalue weighted by molar-refractivity contribution is -0.149. The molecule has 0 radical (unpaired) electrons. The van der Waals surface area contributed by atoms with Crippen molar-refractivity contribution in [3.8, 4) is 0 Å². The van der Waals surface area contributed by atoms with Crippen LogP contribution in [0.1, 0.15) is 30.0 Å². The third-order valence-corrected chi connectivity index (χ3v) is 4.61. The van der Waals surface area contributed by atoms with Gasteiger partial charge in [0.15, 0.2) is 17.3 Å². The average Bonchev–Trinajstić information content (AvgIpc) is 3.05. The largest absolute Gasteiger partial charge is 0.408 e. The van der Waals surface area contributed by atoms with Crippen LogP contribution >= 0.6 is 0 Å². The Morgan fingerprint density at radius 3 is 2.57 bits per heavy atom. The predicted molar refractivity (Wildman–Crippen MR) is 93.4 cm³/mol. The molecule has 30 heavy (non-hydrogen) atoms. The maximum Gasteiger partial charge on any atom is 0.408 e. The van der Waals surface area contributed by atoms with Crippen LogP contribution < -0.4 is 10.6 Å². The quantitative estimate of drug-likeness (QED) is 0.730. The van der Waals surface area contributed by atoms with Crippen molar-refractivity contribution in [1.82, 2.24) is 25.2 Å². The molecule has 0 spiro atoms. The number of aromatic nitrogens is 3. The molecule has 2 atom stereocenters. The number of carbonyl (C=O) groups is 2. The molecular formula is C17H17F5N6O2. The lowest BCUT2D eigenvalue weighted by Gasteiger charge is -2.33. The number of rotatable bonds is 3. The minimum atomic E-state index is -4.63. The van der Waals surface area contributed by atoms with E-state index in [4.69, 9.17) is 0 Å². The highest BCUT2D eigenvalue weighted by molar-refractivity contribution is 5.94. The highest BCUT2D eigenvalue weighted by atomic mass is 19.4. The Bertz CT molecular complexity index is 976. The van der Waals surface area contributed by atoms with Crippen molar-refractivity contribution in [3.05, 3.63) is 41.2 Å². The second kappa shape index (κ2) is 7.88. The molecule has 0 aliphatic carbocycles. The van der Waals surface area contributed by atoms with Crippen molar-refractivity contribution in [3.63, 3.8) is 0 Å². The van der Waals surface area contributed by atoms with Gasteiger partial charge in [-0.05, 0) is 26.0 Å². The monoisotopic (exact) mass is 432 g/mol. The molecule has 2 heterocycles. The topological polar surface area (TPSA) is 92.2 Å². The van der Waals surface area contributed by atoms with Crippen LogP contribution in [0.15, 0.2) is 18.2 Å². The summed E-state index contributed by atoms with van der Waals surface area (Å²) in [7, 11) is 0. The molecule has 8 nitrogen and oxygen atoms in total. The van der Waals surface area contributed by atoms with Crippen molar-refractivity contribution in [1.29, 1.82) is 0 Å². The van der Waals surface area contributed by atoms with E-state index in [1.807, 2.05) is 0 Å². The van der Waals surface area contributed by atoms with Crippen molar-refractivity contribution < 1.29 is 31.5 Å². The van der Waals surface area contributed by atoms with E-state index in [0.29, 0.717) is 0 Å². The first kappa shape index (κ1) is 21.5. The summed E-state index contributed by atoms with van der Waals surface area (Å²) in [4.78, 5) is 26.1. The van der Waals surface area contributed by atoms with Crippen molar-refractivity contribution in [2.75, 3.05) is 5.32 Å². The minimum absolute atomic E-state index is 0.0141. The number of carbonyl (C=O) groups excluding carboxylic acids is 2. The normalized spacial score (nSPS) is 17.3. The van der Waals surface area contributed by atoms with Crippen LogP contribution in [0.25, 0.3) is 0 Å². The van der Waals surface area contributed by atoms with Gasteiger partial charge in [0, 0.05) is 11.8 Å². The highest BCUT2D eigenvalue weighted by Gasteiger charge is 2.39. The summed E-state index contributed by atoms with van der Waals surface area (Å²) < 4.78 is 65.8. The highest BCUT2D eigenvalue weighted by Crippen LogP contribution is 2.23. The van der Waals surface area contributed by atoms with E-state index in [1.165, 1.54) is 15.6 Å². The van der Waals surface area contributed by atoms with E-state index >= 15 is 0 Å². The Morgan fingerprint density at radius 2 is 1.93 bits per heavy atom. The number of amides is 3. The van der Waals surface area contributed by atoms with Crippen molar-refractivity contribution in [2.24, 2.45) is 0 Å². The molecule has 1 aromatic carbocycles. The van der Waals surface area contributed by atoms with Gasteiger partial charge < -0.3 is 15.5 Å². The van der Waals surface area contributed by atoms with E-state index in [0.717, 1.165) is 19.1 Å². The van der Waals surface area contributed by atoms with Gasteiger partial charge in [-0.3, -0.25) is 4.79 Å². The van der Waals surface area contributed by atoms with Gasteiger partial charge in [0.1, 0.15) is 6.04 Å². The van der Waals surface area contributed by atoms with Gasteiger partial charge in [-0.25, -0.2) is 18.3 Å². The van der Waals surface area contributed by atoms with Gasteiger partial charge in [0.2, 0.25) is 0 Å². The third-order valence-electron chi connectivity index (χ3n) is 4.61. The summed E-state index contributed by atoms with van der Waals surface area (Å²) >= 11 is 0. The molecule has 0 unspecified atom stereocenters. The van der Waals surface area contributed by atoms with Gasteiger partial charge in [-0.15, -0.1) is 5.10 Å². The fourth-order valence-electron chi connectivity index (χ4n) is 2.87. The molecule has 1 aliphatic heterocycles. The first-order valence-corrected chi connectivity index (χ1v) is 8.80. The Hall–Kier alpha value is -3.25. The lowest BCUT2D eigenvalue weighted by Crippen LogP contribution is -2.48. The van der Waals surface area contributed by atoms with Gasteiger partial charge in [-0.1, -0.05) is 5.21 Å². The smallest absolute Gasteiger partial charge is 0.339 e. The molecular weight excluding hydrogens is 415 g/mol. The molecule has 2 aromatic rings. The number of urea groups is 1. The summed E-state index contributed by atoms with van der Waals surface area (Å²) in [6.45, 7) is 2.43. The first-order chi connectivity index (χ1) is 14.0. The molecule has 1 aromatic heterocycles. The van der Waals surface area contributed by atoms with Crippen LogP contribution in [0.3, 0.4) is 0 Å². The summed E-state index contributed by atoms with van der Waals surface area (Å²) in [6, 6.07) is -0.351. The zero-order valence-electron chi connectivity index (χ0n) is 15.8. The number of nitrogens with zero attached hydrogens (tertiary/aromatic N) is 4. The van der Waals surface area contributed by atoms with E-state index in [2.05, 4.69) is 15.6 Å². The van der Waals surface area contributed by atoms with E-state index in [-0.39, 0.29) is 30.2 Å². The van der Waals surface area contributed by atoms with E-state index in [9.17, 15) is 31.5 Å². The number of hydrogen-bond acceptors (Lipinski definition) is 4. The molecule has 3 amide bonds. The van der Waals surface area contributed by atoms with Crippen LogP contribution in [0.5, 0.6) is 0 Å². The molecule has 2 N–H and O–H groups in total. The van der Waals surface area contributed by atoms with Crippen molar-refractivity contribution >= 4 is 17.6 Å². The molecule has 3 rings (SSSR count). The second-order valence-electron chi connectivity index (χ2n) is 6.84. The minimum Gasteiger partial charge on any atom is -0.339 e. The number of halogens is 5. The predicted octanol–water partition coefficient (Wildman–Crippen LogP) is 2.67. The zero-order valence-corrected chi connectivity index (χ0v) is 15.8. The molecule has 13 heteroatoms. The SMILES string of the molecule is C[C@H]1Cn2nnc(C(=O)N[C@H](C)C(F)(F)F)c2CN1C(=O)Nc1ccc(F)c(F)c1. The average molecular weight is 432 g/mol. The van der Waals surface area contributed by atoms with Crippen LogP contribution in [-0.2, 0) is 13.1 Å². The molecule has 0 saturated heterocycles. The van der Waals surface area contributed by atoms with Crippen molar-refractivity contribution in [2.45, 2.75) is 45.2 Å². The molecule has 0 bridgehead atoms. The number of hydrogen-bond donors (Lipinski definition) is 2. The Labute approximate surface area is 167 Å². The number of anilines is 1. The Kier molecular flexibility index (Phi) is 5.63. The number of nitrogens with one attached hydrogen (secondary N) is 2. The fourth-order valence-corrected chi connectivity index (χ4v) is 2.87. The molecule has 1 aliphatic rings. The van der Waals surface area contributed by atoms with Crippen LogP contribution in [0, 0.1) is 11.6 Å². The van der Waals surface area contributed by atoms with E-state index < -0.39 is 41.8 Å². The van der Waals surface area contributed by atoms with E-state index in [1.54, 1.807) is 12.2 Å². The number of fused-ring (bicyclic) bond motifs is 1. The maximum atomic E-state index is 13.3. The lowest BCUT2D eigenvalue weighted by atomic mass is 10.1. The maximum absolute atomic E-state index is 13.3. The molecule has 0 fully saturated rings. The standard InChI is InChI=1S/C17H17F5N6O2/c1-8-6-28-13(14(25-26-28)15(29)23-9(2)17(20,21)22)7-27(8)16(30)24-10-3-4-11(18)12(19)5-10/h3-5,8-9H,6-7H2,1-2H3,(H,23,29)(H,24,30)/t8-,9+/m0/s1. The first-order valence-electron chi connectivity index (χ1n) is 8.80. The third kappa shape index (κ3) is 4.33. The van der Waals surface area contributed by atoms with Gasteiger partial charge in [-0.2, -0.15) is 13.2 Å². The molecule has 0 saturated carbocycles. The summed E-state index contributed by atoms with van der Waals surface area (Å²) in [6.07, 6.45) is -4.63. The van der Waals surface area contributed by atoms with Gasteiger partial charge in [0.05, 0.1) is 24.8 Å². The Morgan fingerprint density at radius 1 is 1.23 bits per heavy atom. The summed E-state index contributed by atoms with van der Waals surface area (Å²) in [5.41, 5.74) is -0.163. The van der Waals surface area contributed by atoms with Gasteiger partial charge >= 0.3 is 12.2 Å². The number of benzene rings is 1. The van der Waals surface area contributed by atoms with Crippen LogP contribution in [-0.4, -0.2) is 50.1 Å². The molecule has 162 valence electrons. The summed E-state index contributed by atoms with van der Waals surface area (Å²) in [5, 5.41) is 11.6. The fraction of sp³-hybridized carbons (Fsp3) is 0.412. The Balaban J connectivity index is 1.77. The summed E-state index contributed by atoms with van der Waals surface area (Å²) in [5.74, 6) is -3.28. The van der Waals surface area contributed by atoms with Gasteiger partial charge in [0.25, 0.3) is 5.91 Å². The van der Waals surface area contributed by atoms with Crippen LogP contribution in [0.2, 0.25) is 0 Å². The second-order valence-corrected chi connectivity index (χ2v) is 6.84. The number of alkyl halides is 3. The zero-order chi connectivity index (χ0) is 22.2.